The molecule has 0 aliphatic carbocycles. The molecule has 0 saturated heterocycles. The zero-order valence-electron chi connectivity index (χ0n) is 5.96. The molecule has 0 atom stereocenters. The van der Waals surface area contributed by atoms with Gasteiger partial charge in [0, 0.05) is 14.1 Å². The van der Waals surface area contributed by atoms with Crippen LogP contribution in [0.2, 0.25) is 0 Å². The summed E-state index contributed by atoms with van der Waals surface area (Å²) in [5.74, 6) is 0.838. The van der Waals surface area contributed by atoms with Gasteiger partial charge >= 0.3 is 0 Å². The summed E-state index contributed by atoms with van der Waals surface area (Å²) >= 11 is 0. The normalized spacial score (nSPS) is 11.2. The van der Waals surface area contributed by atoms with Gasteiger partial charge in [-0.1, -0.05) is 6.58 Å². The highest BCUT2D eigenvalue weighted by molar-refractivity contribution is 5.84. The molecule has 3 heteroatoms. The van der Waals surface area contributed by atoms with Gasteiger partial charge in [0.1, 0.15) is 5.84 Å². The quantitative estimate of drug-likeness (QED) is 0.420. The van der Waals surface area contributed by atoms with Gasteiger partial charge in [0.25, 0.3) is 0 Å². The minimum atomic E-state index is 0.457. The SMILES string of the molecule is C=CN(C)C(CN)=NC. The molecule has 0 aromatic carbocycles. The van der Waals surface area contributed by atoms with Crippen molar-refractivity contribution in [2.75, 3.05) is 20.6 Å². The van der Waals surface area contributed by atoms with E-state index < -0.39 is 0 Å². The predicted octanol–water partition coefficient (Wildman–Crippen LogP) is 0.0487. The average molecular weight is 127 g/mol. The van der Waals surface area contributed by atoms with E-state index in [0.29, 0.717) is 6.54 Å². The molecule has 0 amide bonds. The summed E-state index contributed by atoms with van der Waals surface area (Å²) < 4.78 is 0. The van der Waals surface area contributed by atoms with Crippen molar-refractivity contribution >= 4 is 5.84 Å². The smallest absolute Gasteiger partial charge is 0.116 e. The maximum absolute atomic E-state index is 5.34. The number of amidine groups is 1. The van der Waals surface area contributed by atoms with Crippen molar-refractivity contribution in [3.63, 3.8) is 0 Å². The van der Waals surface area contributed by atoms with Gasteiger partial charge in [-0.25, -0.2) is 0 Å². The van der Waals surface area contributed by atoms with Crippen LogP contribution < -0.4 is 5.73 Å². The molecule has 3 nitrogen and oxygen atoms in total. The zero-order chi connectivity index (χ0) is 7.28. The van der Waals surface area contributed by atoms with E-state index in [2.05, 4.69) is 11.6 Å². The van der Waals surface area contributed by atoms with Gasteiger partial charge in [-0.15, -0.1) is 0 Å². The predicted molar refractivity (Wildman–Crippen MR) is 40.4 cm³/mol. The highest BCUT2D eigenvalue weighted by atomic mass is 15.1. The molecule has 0 spiro atoms. The first-order valence-corrected chi connectivity index (χ1v) is 2.77. The second-order valence-corrected chi connectivity index (χ2v) is 1.64. The van der Waals surface area contributed by atoms with Crippen LogP contribution in [-0.2, 0) is 0 Å². The Morgan fingerprint density at radius 3 is 2.56 bits per heavy atom. The van der Waals surface area contributed by atoms with Gasteiger partial charge in [-0.05, 0) is 6.20 Å². The second kappa shape index (κ2) is 4.09. The van der Waals surface area contributed by atoms with Gasteiger partial charge in [0.2, 0.25) is 0 Å². The molecular weight excluding hydrogens is 114 g/mol. The van der Waals surface area contributed by atoms with Crippen molar-refractivity contribution in [2.45, 2.75) is 0 Å². The third-order valence-electron chi connectivity index (χ3n) is 1.12. The van der Waals surface area contributed by atoms with Gasteiger partial charge in [0.15, 0.2) is 0 Å². The van der Waals surface area contributed by atoms with E-state index in [1.54, 1.807) is 18.1 Å². The van der Waals surface area contributed by atoms with Crippen molar-refractivity contribution < 1.29 is 0 Å². The van der Waals surface area contributed by atoms with E-state index in [9.17, 15) is 0 Å². The molecule has 0 aromatic heterocycles. The fraction of sp³-hybridized carbons (Fsp3) is 0.500. The van der Waals surface area contributed by atoms with Crippen molar-refractivity contribution in [3.8, 4) is 0 Å². The summed E-state index contributed by atoms with van der Waals surface area (Å²) in [7, 11) is 3.57. The third-order valence-corrected chi connectivity index (χ3v) is 1.12. The van der Waals surface area contributed by atoms with E-state index >= 15 is 0 Å². The number of aliphatic imine (C=N–C) groups is 1. The molecule has 0 rings (SSSR count). The first-order chi connectivity index (χ1) is 4.26. The van der Waals surface area contributed by atoms with Crippen molar-refractivity contribution in [3.05, 3.63) is 12.8 Å². The van der Waals surface area contributed by atoms with Crippen LogP contribution in [-0.4, -0.2) is 31.4 Å². The summed E-state index contributed by atoms with van der Waals surface area (Å²) in [4.78, 5) is 5.72. The molecule has 9 heavy (non-hydrogen) atoms. The standard InChI is InChI=1S/C6H13N3/c1-4-9(3)6(5-7)8-2/h4H,1,5,7H2,2-3H3. The molecule has 52 valence electrons. The van der Waals surface area contributed by atoms with Gasteiger partial charge in [-0.2, -0.15) is 0 Å². The lowest BCUT2D eigenvalue weighted by Crippen LogP contribution is -2.28. The number of hydrogen-bond donors (Lipinski definition) is 1. The van der Waals surface area contributed by atoms with Crippen LogP contribution in [0.4, 0.5) is 0 Å². The van der Waals surface area contributed by atoms with Crippen LogP contribution >= 0.6 is 0 Å². The lowest BCUT2D eigenvalue weighted by Gasteiger charge is -2.13. The van der Waals surface area contributed by atoms with E-state index in [1.807, 2.05) is 7.05 Å². The largest absolute Gasteiger partial charge is 0.339 e. The molecule has 0 fully saturated rings. The molecule has 0 saturated carbocycles. The van der Waals surface area contributed by atoms with Crippen molar-refractivity contribution in [1.82, 2.24) is 4.90 Å². The van der Waals surface area contributed by atoms with Crippen molar-refractivity contribution in [2.24, 2.45) is 10.7 Å². The van der Waals surface area contributed by atoms with Crippen LogP contribution in [0.25, 0.3) is 0 Å². The minimum Gasteiger partial charge on any atom is -0.339 e. The molecule has 0 aromatic rings. The molecule has 0 aliphatic rings. The minimum absolute atomic E-state index is 0.457. The molecule has 0 radical (unpaired) electrons. The Morgan fingerprint density at radius 1 is 1.89 bits per heavy atom. The lowest BCUT2D eigenvalue weighted by atomic mass is 10.5. The topological polar surface area (TPSA) is 41.6 Å². The monoisotopic (exact) mass is 127 g/mol. The number of nitrogens with two attached hydrogens (primary N) is 1. The zero-order valence-corrected chi connectivity index (χ0v) is 5.96. The van der Waals surface area contributed by atoms with E-state index in [4.69, 9.17) is 5.73 Å². The number of nitrogens with zero attached hydrogens (tertiary/aromatic N) is 2. The summed E-state index contributed by atoms with van der Waals surface area (Å²) in [6, 6.07) is 0. The molecule has 0 unspecified atom stereocenters. The Hall–Kier alpha value is -0.830. The van der Waals surface area contributed by atoms with Crippen LogP contribution in [0.5, 0.6) is 0 Å². The summed E-state index contributed by atoms with van der Waals surface area (Å²) in [5.41, 5.74) is 5.34. The first-order valence-electron chi connectivity index (χ1n) is 2.77. The summed E-state index contributed by atoms with van der Waals surface area (Å²) in [5, 5.41) is 0. The van der Waals surface area contributed by atoms with E-state index in [-0.39, 0.29) is 0 Å². The van der Waals surface area contributed by atoms with Crippen LogP contribution in [0.15, 0.2) is 17.8 Å². The van der Waals surface area contributed by atoms with Crippen molar-refractivity contribution in [1.29, 1.82) is 0 Å². The Kier molecular flexibility index (Phi) is 3.71. The molecule has 2 N–H and O–H groups in total. The molecular formula is C6H13N3. The van der Waals surface area contributed by atoms with Crippen LogP contribution in [0, 0.1) is 0 Å². The highest BCUT2D eigenvalue weighted by Gasteiger charge is 1.95. The first kappa shape index (κ1) is 8.17. The average Bonchev–Trinajstić information content (AvgIpc) is 1.90. The Labute approximate surface area is 55.9 Å². The van der Waals surface area contributed by atoms with E-state index in [1.165, 1.54) is 0 Å². The second-order valence-electron chi connectivity index (χ2n) is 1.64. The van der Waals surface area contributed by atoms with Crippen LogP contribution in [0.1, 0.15) is 0 Å². The maximum atomic E-state index is 5.34. The molecule has 0 aliphatic heterocycles. The van der Waals surface area contributed by atoms with Crippen LogP contribution in [0.3, 0.4) is 0 Å². The van der Waals surface area contributed by atoms with E-state index in [0.717, 1.165) is 5.84 Å². The highest BCUT2D eigenvalue weighted by Crippen LogP contribution is 1.83. The van der Waals surface area contributed by atoms with Gasteiger partial charge < -0.3 is 10.6 Å². The number of hydrogen-bond acceptors (Lipinski definition) is 2. The molecule has 0 heterocycles. The number of rotatable bonds is 2. The fourth-order valence-corrected chi connectivity index (χ4v) is 0.498. The number of likely N-dealkylation sites (N-methyl/N-ethyl adjacent to an activating group) is 1. The Morgan fingerprint density at radius 2 is 2.44 bits per heavy atom. The summed E-state index contributed by atoms with van der Waals surface area (Å²) in [6.07, 6.45) is 1.68. The Balaban J connectivity index is 3.95. The third kappa shape index (κ3) is 2.28. The fourth-order valence-electron chi connectivity index (χ4n) is 0.498. The summed E-state index contributed by atoms with van der Waals surface area (Å²) in [6.45, 7) is 4.02. The maximum Gasteiger partial charge on any atom is 0.116 e. The van der Waals surface area contributed by atoms with Gasteiger partial charge in [-0.3, -0.25) is 4.99 Å². The Bertz CT molecular complexity index is 117. The van der Waals surface area contributed by atoms with Gasteiger partial charge in [0.05, 0.1) is 6.54 Å². The molecule has 0 bridgehead atoms. The lowest BCUT2D eigenvalue weighted by molar-refractivity contribution is 0.675.